The van der Waals surface area contributed by atoms with Crippen LogP contribution < -0.4 is 14.9 Å². The molecule has 0 heterocycles. The molecule has 1 amide bonds. The zero-order valence-electron chi connectivity index (χ0n) is 14.9. The number of ether oxygens (including phenoxy) is 2. The third kappa shape index (κ3) is 5.77. The van der Waals surface area contributed by atoms with Gasteiger partial charge in [0.15, 0.2) is 18.1 Å². The van der Waals surface area contributed by atoms with E-state index in [9.17, 15) is 9.90 Å². The normalized spacial score (nSPS) is 10.8. The highest BCUT2D eigenvalue weighted by molar-refractivity contribution is 9.10. The quantitative estimate of drug-likeness (QED) is 0.528. The number of phenolic OH excluding ortho intramolecular Hbond substituents is 1. The summed E-state index contributed by atoms with van der Waals surface area (Å²) in [6, 6.07) is 9.06. The second-order valence-corrected chi connectivity index (χ2v) is 6.54. The molecule has 0 saturated heterocycles. The van der Waals surface area contributed by atoms with Crippen molar-refractivity contribution >= 4 is 28.1 Å². The Morgan fingerprint density at radius 1 is 1.19 bits per heavy atom. The Bertz CT molecular complexity index is 801. The van der Waals surface area contributed by atoms with Crippen LogP contribution in [-0.2, 0) is 4.79 Å². The van der Waals surface area contributed by atoms with Crippen molar-refractivity contribution in [2.45, 2.75) is 20.8 Å². The van der Waals surface area contributed by atoms with Crippen LogP contribution in [0.25, 0.3) is 0 Å². The van der Waals surface area contributed by atoms with E-state index in [1.807, 2.05) is 39.0 Å². The standard InChI is InChI=1S/C19H21BrN2O4/c1-4-25-17-9-14(8-16(20)19(17)24)10-21-22-18(23)11-26-15-6-12(2)5-13(3)7-15/h5-10,24H,4,11H2,1-3H3,(H,22,23). The van der Waals surface area contributed by atoms with Gasteiger partial charge < -0.3 is 14.6 Å². The molecule has 2 aromatic rings. The Morgan fingerprint density at radius 3 is 2.54 bits per heavy atom. The fourth-order valence-corrected chi connectivity index (χ4v) is 2.77. The van der Waals surface area contributed by atoms with E-state index < -0.39 is 0 Å². The second kappa shape index (κ2) is 9.24. The Balaban J connectivity index is 1.92. The van der Waals surface area contributed by atoms with Crippen molar-refractivity contribution < 1.29 is 19.4 Å². The predicted molar refractivity (Wildman–Crippen MR) is 104 cm³/mol. The number of carbonyl (C=O) groups is 1. The molecule has 26 heavy (non-hydrogen) atoms. The van der Waals surface area contributed by atoms with Crippen molar-refractivity contribution in [3.05, 3.63) is 51.5 Å². The van der Waals surface area contributed by atoms with Crippen LogP contribution in [0.2, 0.25) is 0 Å². The van der Waals surface area contributed by atoms with E-state index in [1.165, 1.54) is 6.21 Å². The maximum absolute atomic E-state index is 11.8. The molecule has 0 aliphatic rings. The first-order chi connectivity index (χ1) is 12.4. The Kier molecular flexibility index (Phi) is 7.03. The fraction of sp³-hybridized carbons (Fsp3) is 0.263. The minimum Gasteiger partial charge on any atom is -0.503 e. The van der Waals surface area contributed by atoms with Crippen molar-refractivity contribution in [3.8, 4) is 17.2 Å². The highest BCUT2D eigenvalue weighted by atomic mass is 79.9. The molecule has 0 unspecified atom stereocenters. The zero-order valence-corrected chi connectivity index (χ0v) is 16.5. The van der Waals surface area contributed by atoms with E-state index in [2.05, 4.69) is 26.5 Å². The number of carbonyl (C=O) groups excluding carboxylic acids is 1. The summed E-state index contributed by atoms with van der Waals surface area (Å²) in [5, 5.41) is 13.8. The molecule has 0 aromatic heterocycles. The minimum absolute atomic E-state index is 0.0230. The van der Waals surface area contributed by atoms with Gasteiger partial charge in [-0.1, -0.05) is 6.07 Å². The molecule has 0 saturated carbocycles. The van der Waals surface area contributed by atoms with Crippen LogP contribution >= 0.6 is 15.9 Å². The van der Waals surface area contributed by atoms with Crippen molar-refractivity contribution in [3.63, 3.8) is 0 Å². The van der Waals surface area contributed by atoms with E-state index in [1.54, 1.807) is 12.1 Å². The molecule has 2 rings (SSSR count). The molecule has 0 bridgehead atoms. The first-order valence-electron chi connectivity index (χ1n) is 8.07. The summed E-state index contributed by atoms with van der Waals surface area (Å²) in [6.07, 6.45) is 1.46. The molecule has 0 atom stereocenters. The maximum atomic E-state index is 11.8. The lowest BCUT2D eigenvalue weighted by Crippen LogP contribution is -2.24. The van der Waals surface area contributed by atoms with E-state index in [-0.39, 0.29) is 18.3 Å². The molecule has 6 nitrogen and oxygen atoms in total. The van der Waals surface area contributed by atoms with E-state index >= 15 is 0 Å². The van der Waals surface area contributed by atoms with Gasteiger partial charge in [-0.25, -0.2) is 5.43 Å². The average molecular weight is 421 g/mol. The lowest BCUT2D eigenvalue weighted by molar-refractivity contribution is -0.123. The lowest BCUT2D eigenvalue weighted by atomic mass is 10.1. The SMILES string of the molecule is CCOc1cc(C=NNC(=O)COc2cc(C)cc(C)c2)cc(Br)c1O. The number of aryl methyl sites for hydroxylation is 2. The van der Waals surface area contributed by atoms with Crippen molar-refractivity contribution in [1.82, 2.24) is 5.43 Å². The summed E-state index contributed by atoms with van der Waals surface area (Å²) in [5.74, 6) is 0.636. The minimum atomic E-state index is -0.372. The third-order valence-electron chi connectivity index (χ3n) is 3.32. The molecule has 2 aromatic carbocycles. The summed E-state index contributed by atoms with van der Waals surface area (Å²) >= 11 is 3.25. The number of nitrogens with zero attached hydrogens (tertiary/aromatic N) is 1. The van der Waals surface area contributed by atoms with Gasteiger partial charge in [-0.2, -0.15) is 5.10 Å². The second-order valence-electron chi connectivity index (χ2n) is 5.69. The number of rotatable bonds is 7. The molecule has 0 fully saturated rings. The summed E-state index contributed by atoms with van der Waals surface area (Å²) < 4.78 is 11.3. The number of hydrogen-bond donors (Lipinski definition) is 2. The van der Waals surface area contributed by atoms with Crippen LogP contribution in [0.3, 0.4) is 0 Å². The van der Waals surface area contributed by atoms with Crippen LogP contribution in [0.5, 0.6) is 17.2 Å². The largest absolute Gasteiger partial charge is 0.503 e. The van der Waals surface area contributed by atoms with E-state index in [4.69, 9.17) is 9.47 Å². The molecule has 7 heteroatoms. The summed E-state index contributed by atoms with van der Waals surface area (Å²) in [4.78, 5) is 11.8. The summed E-state index contributed by atoms with van der Waals surface area (Å²) in [7, 11) is 0. The number of aromatic hydroxyl groups is 1. The average Bonchev–Trinajstić information content (AvgIpc) is 2.57. The number of nitrogens with one attached hydrogen (secondary N) is 1. The molecular formula is C19H21BrN2O4. The van der Waals surface area contributed by atoms with Crippen LogP contribution in [0.15, 0.2) is 39.9 Å². The smallest absolute Gasteiger partial charge is 0.277 e. The molecular weight excluding hydrogens is 400 g/mol. The highest BCUT2D eigenvalue weighted by Crippen LogP contribution is 2.35. The molecule has 0 aliphatic carbocycles. The molecule has 0 radical (unpaired) electrons. The monoisotopic (exact) mass is 420 g/mol. The first-order valence-corrected chi connectivity index (χ1v) is 8.86. The van der Waals surface area contributed by atoms with Crippen LogP contribution in [0.1, 0.15) is 23.6 Å². The van der Waals surface area contributed by atoms with Crippen LogP contribution in [0.4, 0.5) is 0 Å². The molecule has 138 valence electrons. The summed E-state index contributed by atoms with van der Waals surface area (Å²) in [5.41, 5.74) is 5.21. The number of hydrazone groups is 1. The van der Waals surface area contributed by atoms with Crippen LogP contribution in [-0.4, -0.2) is 30.4 Å². The van der Waals surface area contributed by atoms with E-state index in [0.29, 0.717) is 28.1 Å². The maximum Gasteiger partial charge on any atom is 0.277 e. The highest BCUT2D eigenvalue weighted by Gasteiger charge is 2.08. The topological polar surface area (TPSA) is 80.2 Å². The van der Waals surface area contributed by atoms with Gasteiger partial charge in [-0.05, 0) is 77.7 Å². The van der Waals surface area contributed by atoms with Gasteiger partial charge in [0.2, 0.25) is 0 Å². The Morgan fingerprint density at radius 2 is 1.88 bits per heavy atom. The number of phenols is 1. The summed E-state index contributed by atoms with van der Waals surface area (Å²) in [6.45, 7) is 6.05. The predicted octanol–water partition coefficient (Wildman–Crippen LogP) is 3.70. The van der Waals surface area contributed by atoms with Crippen molar-refractivity contribution in [2.24, 2.45) is 5.10 Å². The van der Waals surface area contributed by atoms with Gasteiger partial charge >= 0.3 is 0 Å². The molecule has 0 aliphatic heterocycles. The van der Waals surface area contributed by atoms with E-state index in [0.717, 1.165) is 11.1 Å². The number of halogens is 1. The number of hydrogen-bond acceptors (Lipinski definition) is 5. The molecule has 2 N–H and O–H groups in total. The fourth-order valence-electron chi connectivity index (χ4n) is 2.31. The van der Waals surface area contributed by atoms with Crippen molar-refractivity contribution in [1.29, 1.82) is 0 Å². The third-order valence-corrected chi connectivity index (χ3v) is 3.92. The van der Waals surface area contributed by atoms with Gasteiger partial charge in [0.05, 0.1) is 17.3 Å². The molecule has 0 spiro atoms. The number of amides is 1. The lowest BCUT2D eigenvalue weighted by Gasteiger charge is -2.08. The van der Waals surface area contributed by atoms with Gasteiger partial charge in [-0.3, -0.25) is 4.79 Å². The first kappa shape index (κ1) is 19.8. The van der Waals surface area contributed by atoms with Crippen LogP contribution in [0, 0.1) is 13.8 Å². The Labute approximate surface area is 161 Å². The zero-order chi connectivity index (χ0) is 19.1. The van der Waals surface area contributed by atoms with Crippen molar-refractivity contribution in [2.75, 3.05) is 13.2 Å². The Hall–Kier alpha value is -2.54. The van der Waals surface area contributed by atoms with Gasteiger partial charge in [0.1, 0.15) is 5.75 Å². The van der Waals surface area contributed by atoms with Gasteiger partial charge in [-0.15, -0.1) is 0 Å². The van der Waals surface area contributed by atoms with Gasteiger partial charge in [0, 0.05) is 0 Å². The number of benzene rings is 2. The van der Waals surface area contributed by atoms with Gasteiger partial charge in [0.25, 0.3) is 5.91 Å².